The molecule has 0 radical (unpaired) electrons. The monoisotopic (exact) mass is 385 g/mol. The quantitative estimate of drug-likeness (QED) is 0.736. The van der Waals surface area contributed by atoms with E-state index < -0.39 is 11.5 Å². The molecule has 1 N–H and O–H groups in total. The van der Waals surface area contributed by atoms with E-state index in [9.17, 15) is 14.7 Å². The molecule has 0 saturated heterocycles. The number of fused-ring (bicyclic) bond motifs is 1. The second kappa shape index (κ2) is 7.51. The number of aromatic hydroxyl groups is 1. The van der Waals surface area contributed by atoms with Gasteiger partial charge in [0.1, 0.15) is 22.5 Å². The van der Waals surface area contributed by atoms with Crippen LogP contribution in [0.5, 0.6) is 23.0 Å². The van der Waals surface area contributed by atoms with E-state index in [-0.39, 0.29) is 34.0 Å². The minimum absolute atomic E-state index is 0.00191. The van der Waals surface area contributed by atoms with Crippen molar-refractivity contribution >= 4 is 17.1 Å². The third-order valence-electron chi connectivity index (χ3n) is 4.05. The van der Waals surface area contributed by atoms with E-state index >= 15 is 0 Å². The van der Waals surface area contributed by atoms with Gasteiger partial charge in [-0.25, -0.2) is 4.79 Å². The number of amides is 1. The number of phenolic OH excluding ortho intramolecular Hbond substituents is 1. The lowest BCUT2D eigenvalue weighted by atomic mass is 10.1. The molecule has 0 aliphatic heterocycles. The van der Waals surface area contributed by atoms with Crippen LogP contribution in [-0.2, 0) is 0 Å². The van der Waals surface area contributed by atoms with Crippen LogP contribution in [0.15, 0.2) is 45.6 Å². The van der Waals surface area contributed by atoms with Crippen LogP contribution in [0.1, 0.15) is 0 Å². The maximum Gasteiger partial charge on any atom is 0.414 e. The molecule has 8 heteroatoms. The van der Waals surface area contributed by atoms with Crippen molar-refractivity contribution in [3.63, 3.8) is 0 Å². The summed E-state index contributed by atoms with van der Waals surface area (Å²) in [6.07, 6.45) is -0.499. The first-order chi connectivity index (χ1) is 13.3. The molecule has 0 atom stereocenters. The van der Waals surface area contributed by atoms with E-state index in [0.717, 1.165) is 0 Å². The molecule has 0 aliphatic carbocycles. The van der Waals surface area contributed by atoms with Gasteiger partial charge in [0.2, 0.25) is 5.75 Å². The molecule has 0 unspecified atom stereocenters. The molecule has 1 heterocycles. The fraction of sp³-hybridized carbons (Fsp3) is 0.200. The van der Waals surface area contributed by atoms with Gasteiger partial charge in [-0.2, -0.15) is 0 Å². The Labute approximate surface area is 160 Å². The Bertz CT molecular complexity index is 1080. The number of carbonyl (C=O) groups excluding carboxylic acids is 1. The van der Waals surface area contributed by atoms with Crippen LogP contribution in [0.3, 0.4) is 0 Å². The second-order valence-electron chi connectivity index (χ2n) is 6.10. The number of phenols is 1. The minimum Gasteiger partial charge on any atom is -0.504 e. The van der Waals surface area contributed by atoms with Gasteiger partial charge in [-0.1, -0.05) is 0 Å². The summed E-state index contributed by atoms with van der Waals surface area (Å²) in [4.78, 5) is 25.5. The van der Waals surface area contributed by atoms with Crippen LogP contribution in [0, 0.1) is 0 Å². The number of methoxy groups -OCH3 is 2. The third kappa shape index (κ3) is 3.44. The highest BCUT2D eigenvalue weighted by atomic mass is 16.6. The van der Waals surface area contributed by atoms with Gasteiger partial charge in [-0.05, 0) is 24.3 Å². The molecule has 0 spiro atoms. The molecule has 1 amide bonds. The van der Waals surface area contributed by atoms with Crippen LogP contribution in [0.25, 0.3) is 22.3 Å². The zero-order valence-electron chi connectivity index (χ0n) is 15.8. The zero-order valence-corrected chi connectivity index (χ0v) is 15.8. The standard InChI is InChI=1S/C20H19NO7/c1-21(2)20(24)27-12-7-5-11(6-8-12)14-9-13(22)17-15(28-14)10-16(25-3)19(26-4)18(17)23/h5-10,23H,1-4H3. The van der Waals surface area contributed by atoms with Crippen LogP contribution in [-0.4, -0.2) is 44.4 Å². The molecule has 146 valence electrons. The van der Waals surface area contributed by atoms with Crippen LogP contribution < -0.4 is 19.6 Å². The van der Waals surface area contributed by atoms with Crippen molar-refractivity contribution in [3.05, 3.63) is 46.6 Å². The summed E-state index contributed by atoms with van der Waals surface area (Å²) in [5.41, 5.74) is 0.316. The lowest BCUT2D eigenvalue weighted by molar-refractivity contribution is 0.172. The number of hydrogen-bond acceptors (Lipinski definition) is 7. The lowest BCUT2D eigenvalue weighted by Crippen LogP contribution is -2.25. The maximum atomic E-state index is 12.6. The van der Waals surface area contributed by atoms with Gasteiger partial charge in [0, 0.05) is 31.8 Å². The van der Waals surface area contributed by atoms with Gasteiger partial charge in [0.25, 0.3) is 0 Å². The number of rotatable bonds is 4. The Morgan fingerprint density at radius 1 is 1.07 bits per heavy atom. The van der Waals surface area contributed by atoms with Gasteiger partial charge in [0.05, 0.1) is 14.2 Å². The van der Waals surface area contributed by atoms with Crippen molar-refractivity contribution < 1.29 is 28.5 Å². The molecule has 0 saturated carbocycles. The van der Waals surface area contributed by atoms with Gasteiger partial charge in [-0.3, -0.25) is 4.79 Å². The molecule has 0 fully saturated rings. The van der Waals surface area contributed by atoms with Crippen molar-refractivity contribution in [2.24, 2.45) is 0 Å². The van der Waals surface area contributed by atoms with E-state index in [4.69, 9.17) is 18.6 Å². The average molecular weight is 385 g/mol. The fourth-order valence-corrected chi connectivity index (χ4v) is 2.63. The van der Waals surface area contributed by atoms with E-state index in [1.165, 1.54) is 31.3 Å². The average Bonchev–Trinajstić information content (AvgIpc) is 2.67. The Hall–Kier alpha value is -3.68. The molecular weight excluding hydrogens is 366 g/mol. The smallest absolute Gasteiger partial charge is 0.414 e. The second-order valence-corrected chi connectivity index (χ2v) is 6.10. The van der Waals surface area contributed by atoms with E-state index in [1.54, 1.807) is 38.4 Å². The normalized spacial score (nSPS) is 10.6. The third-order valence-corrected chi connectivity index (χ3v) is 4.05. The summed E-state index contributed by atoms with van der Waals surface area (Å²) in [5.74, 6) is 0.591. The van der Waals surface area contributed by atoms with Crippen molar-refractivity contribution in [2.45, 2.75) is 0 Å². The number of hydrogen-bond donors (Lipinski definition) is 1. The minimum atomic E-state index is -0.499. The van der Waals surface area contributed by atoms with E-state index in [2.05, 4.69) is 0 Å². The van der Waals surface area contributed by atoms with Crippen LogP contribution in [0.4, 0.5) is 4.79 Å². The van der Waals surface area contributed by atoms with Crippen molar-refractivity contribution in [1.29, 1.82) is 0 Å². The Morgan fingerprint density at radius 2 is 1.75 bits per heavy atom. The predicted molar refractivity (Wildman–Crippen MR) is 102 cm³/mol. The van der Waals surface area contributed by atoms with Crippen molar-refractivity contribution in [3.8, 4) is 34.3 Å². The maximum absolute atomic E-state index is 12.6. The first kappa shape index (κ1) is 19.1. The summed E-state index contributed by atoms with van der Waals surface area (Å²) in [6, 6.07) is 9.24. The van der Waals surface area contributed by atoms with Crippen LogP contribution >= 0.6 is 0 Å². The highest BCUT2D eigenvalue weighted by Gasteiger charge is 2.19. The summed E-state index contributed by atoms with van der Waals surface area (Å²) >= 11 is 0. The largest absolute Gasteiger partial charge is 0.504 e. The highest BCUT2D eigenvalue weighted by Crippen LogP contribution is 2.42. The van der Waals surface area contributed by atoms with Crippen molar-refractivity contribution in [1.82, 2.24) is 4.90 Å². The van der Waals surface area contributed by atoms with Crippen LogP contribution in [0.2, 0.25) is 0 Å². The summed E-state index contributed by atoms with van der Waals surface area (Å²) in [5, 5.41) is 10.3. The predicted octanol–water partition coefficient (Wildman–Crippen LogP) is 3.24. The molecule has 0 aliphatic rings. The zero-order chi connectivity index (χ0) is 20.4. The summed E-state index contributed by atoms with van der Waals surface area (Å²) in [6.45, 7) is 0. The summed E-state index contributed by atoms with van der Waals surface area (Å²) in [7, 11) is 5.95. The highest BCUT2D eigenvalue weighted by molar-refractivity contribution is 5.89. The molecule has 2 aromatic carbocycles. The van der Waals surface area contributed by atoms with E-state index in [1.807, 2.05) is 0 Å². The Kier molecular flexibility index (Phi) is 5.12. The van der Waals surface area contributed by atoms with Crippen molar-refractivity contribution in [2.75, 3.05) is 28.3 Å². The first-order valence-electron chi connectivity index (χ1n) is 8.27. The fourth-order valence-electron chi connectivity index (χ4n) is 2.63. The number of benzene rings is 2. The van der Waals surface area contributed by atoms with E-state index in [0.29, 0.717) is 11.3 Å². The number of ether oxygens (including phenoxy) is 3. The van der Waals surface area contributed by atoms with Gasteiger partial charge < -0.3 is 28.6 Å². The molecule has 28 heavy (non-hydrogen) atoms. The lowest BCUT2D eigenvalue weighted by Gasteiger charge is -2.12. The van der Waals surface area contributed by atoms with Gasteiger partial charge >= 0.3 is 6.09 Å². The number of carbonyl (C=O) groups is 1. The molecule has 8 nitrogen and oxygen atoms in total. The topological polar surface area (TPSA) is 98.4 Å². The molecule has 3 rings (SSSR count). The first-order valence-corrected chi connectivity index (χ1v) is 8.27. The van der Waals surface area contributed by atoms with Gasteiger partial charge in [-0.15, -0.1) is 0 Å². The Balaban J connectivity index is 2.05. The molecule has 3 aromatic rings. The van der Waals surface area contributed by atoms with Gasteiger partial charge in [0.15, 0.2) is 16.9 Å². The Morgan fingerprint density at radius 3 is 2.32 bits per heavy atom. The summed E-state index contributed by atoms with van der Waals surface area (Å²) < 4.78 is 21.3. The molecule has 0 bridgehead atoms. The SMILES string of the molecule is COc1cc2oc(-c3ccc(OC(=O)N(C)C)cc3)cc(=O)c2c(O)c1OC. The molecular formula is C20H19NO7. The molecule has 1 aromatic heterocycles. The number of nitrogens with zero attached hydrogens (tertiary/aromatic N) is 1.